The van der Waals surface area contributed by atoms with Crippen LogP contribution in [0.2, 0.25) is 0 Å². The molecule has 0 atom stereocenters. The van der Waals surface area contributed by atoms with E-state index in [-0.39, 0.29) is 0 Å². The lowest BCUT2D eigenvalue weighted by Crippen LogP contribution is -1.52. The van der Waals surface area contributed by atoms with Crippen molar-refractivity contribution in [3.63, 3.8) is 0 Å². The van der Waals surface area contributed by atoms with Gasteiger partial charge in [-0.05, 0) is 0 Å². The molecule has 0 aromatic carbocycles. The Morgan fingerprint density at radius 1 is 1.83 bits per heavy atom. The number of hydrogen-bond acceptors (Lipinski definition) is 1. The molecule has 0 unspecified atom stereocenters. The monoisotopic (exact) mass is 82.0 g/mol. The van der Waals surface area contributed by atoms with Crippen LogP contribution in [0.25, 0.3) is 0 Å². The van der Waals surface area contributed by atoms with Crippen LogP contribution in [-0.4, -0.2) is 5.11 Å². The van der Waals surface area contributed by atoms with Crippen LogP contribution in [0.1, 0.15) is 6.42 Å². The fourth-order valence-corrected chi connectivity index (χ4v) is 0.118. The van der Waals surface area contributed by atoms with Gasteiger partial charge in [-0.15, -0.1) is 6.58 Å². The van der Waals surface area contributed by atoms with Crippen LogP contribution < -0.4 is 0 Å². The molecule has 6 heavy (non-hydrogen) atoms. The van der Waals surface area contributed by atoms with Crippen molar-refractivity contribution in [3.8, 4) is 12.0 Å². The Hall–Kier alpha value is -0.900. The summed E-state index contributed by atoms with van der Waals surface area (Å²) in [4.78, 5) is 0. The standard InChI is InChI=1S/C5H6O/c1-2-3-4-5-6/h2,6H,1,3H2. The van der Waals surface area contributed by atoms with Gasteiger partial charge in [0.1, 0.15) is 6.11 Å². The summed E-state index contributed by atoms with van der Waals surface area (Å²) in [5, 5.41) is 7.79. The topological polar surface area (TPSA) is 20.2 Å². The van der Waals surface area contributed by atoms with Gasteiger partial charge in [0.25, 0.3) is 0 Å². The summed E-state index contributed by atoms with van der Waals surface area (Å²) in [5.74, 6) is 2.39. The SMILES string of the molecule is C=CCC#CO. The minimum atomic E-state index is 0.566. The van der Waals surface area contributed by atoms with Gasteiger partial charge in [-0.3, -0.25) is 0 Å². The van der Waals surface area contributed by atoms with Crippen LogP contribution in [0.4, 0.5) is 0 Å². The van der Waals surface area contributed by atoms with E-state index in [4.69, 9.17) is 5.11 Å². The first-order valence-corrected chi connectivity index (χ1v) is 1.64. The fourth-order valence-electron chi connectivity index (χ4n) is 0.118. The molecule has 1 nitrogen and oxygen atoms in total. The second-order valence-electron chi connectivity index (χ2n) is 0.781. The third-order valence-electron chi connectivity index (χ3n) is 0.325. The lowest BCUT2D eigenvalue weighted by molar-refractivity contribution is 0.516. The number of hydrogen-bond donors (Lipinski definition) is 1. The van der Waals surface area contributed by atoms with Crippen LogP contribution in [-0.2, 0) is 0 Å². The quantitative estimate of drug-likeness (QED) is 0.368. The van der Waals surface area contributed by atoms with Gasteiger partial charge in [0.2, 0.25) is 0 Å². The second-order valence-corrected chi connectivity index (χ2v) is 0.781. The van der Waals surface area contributed by atoms with Gasteiger partial charge in [0, 0.05) is 6.42 Å². The average Bonchev–Trinajstić information content (AvgIpc) is 1.61. The van der Waals surface area contributed by atoms with Gasteiger partial charge in [-0.2, -0.15) is 0 Å². The van der Waals surface area contributed by atoms with Crippen molar-refractivity contribution in [2.24, 2.45) is 0 Å². The Morgan fingerprint density at radius 3 is 2.67 bits per heavy atom. The molecule has 1 N–H and O–H groups in total. The zero-order valence-corrected chi connectivity index (χ0v) is 3.44. The highest BCUT2D eigenvalue weighted by atomic mass is 16.2. The summed E-state index contributed by atoms with van der Waals surface area (Å²) in [5.41, 5.74) is 0. The number of aliphatic hydroxyl groups is 1. The van der Waals surface area contributed by atoms with Crippen molar-refractivity contribution >= 4 is 0 Å². The minimum absolute atomic E-state index is 0.566. The Bertz CT molecular complexity index is 83.8. The maximum atomic E-state index is 7.79. The zero-order valence-electron chi connectivity index (χ0n) is 3.44. The van der Waals surface area contributed by atoms with Crippen molar-refractivity contribution < 1.29 is 5.11 Å². The van der Waals surface area contributed by atoms with E-state index in [1.54, 1.807) is 12.2 Å². The third kappa shape index (κ3) is 3.10. The molecule has 0 rings (SSSR count). The van der Waals surface area contributed by atoms with Crippen molar-refractivity contribution in [1.29, 1.82) is 0 Å². The van der Waals surface area contributed by atoms with Gasteiger partial charge in [0.05, 0.1) is 0 Å². The molecule has 0 fully saturated rings. The fraction of sp³-hybridized carbons (Fsp3) is 0.200. The molecule has 0 bridgehead atoms. The Morgan fingerprint density at radius 2 is 2.50 bits per heavy atom. The van der Waals surface area contributed by atoms with E-state index in [1.165, 1.54) is 0 Å². The van der Waals surface area contributed by atoms with Gasteiger partial charge in [-0.1, -0.05) is 12.0 Å². The highest BCUT2D eigenvalue weighted by Crippen LogP contribution is 1.69. The van der Waals surface area contributed by atoms with Crippen molar-refractivity contribution in [2.75, 3.05) is 0 Å². The molecular weight excluding hydrogens is 76.1 g/mol. The Kier molecular flexibility index (Phi) is 3.48. The van der Waals surface area contributed by atoms with Crippen molar-refractivity contribution in [1.82, 2.24) is 0 Å². The highest BCUT2D eigenvalue weighted by Gasteiger charge is 1.56. The van der Waals surface area contributed by atoms with E-state index in [1.807, 2.05) is 0 Å². The molecule has 0 aliphatic carbocycles. The van der Waals surface area contributed by atoms with E-state index in [9.17, 15) is 0 Å². The molecule has 0 aliphatic rings. The molecule has 1 heteroatoms. The lowest BCUT2D eigenvalue weighted by Gasteiger charge is -1.63. The highest BCUT2D eigenvalue weighted by molar-refractivity contribution is 4.95. The van der Waals surface area contributed by atoms with Crippen LogP contribution in [0.5, 0.6) is 0 Å². The first-order valence-electron chi connectivity index (χ1n) is 1.64. The maximum absolute atomic E-state index is 7.79. The third-order valence-corrected chi connectivity index (χ3v) is 0.325. The predicted octanol–water partition coefficient (Wildman–Crippen LogP) is 0.896. The zero-order chi connectivity index (χ0) is 4.83. The van der Waals surface area contributed by atoms with E-state index < -0.39 is 0 Å². The molecule has 0 aromatic heterocycles. The van der Waals surface area contributed by atoms with Gasteiger partial charge < -0.3 is 5.11 Å². The Labute approximate surface area is 37.3 Å². The summed E-state index contributed by atoms with van der Waals surface area (Å²) in [7, 11) is 0. The normalized spacial score (nSPS) is 5.33. The summed E-state index contributed by atoms with van der Waals surface area (Å²) in [6, 6.07) is 0. The van der Waals surface area contributed by atoms with Crippen LogP contribution in [0.3, 0.4) is 0 Å². The van der Waals surface area contributed by atoms with E-state index >= 15 is 0 Å². The van der Waals surface area contributed by atoms with E-state index in [2.05, 4.69) is 12.5 Å². The molecule has 0 aliphatic heterocycles. The molecule has 0 amide bonds. The van der Waals surface area contributed by atoms with Crippen LogP contribution in [0, 0.1) is 12.0 Å². The predicted molar refractivity (Wildman–Crippen MR) is 24.5 cm³/mol. The summed E-state index contributed by atoms with van der Waals surface area (Å²) in [6.45, 7) is 3.38. The molecule has 32 valence electrons. The number of rotatable bonds is 1. The van der Waals surface area contributed by atoms with E-state index in [0.717, 1.165) is 0 Å². The van der Waals surface area contributed by atoms with Crippen LogP contribution in [0.15, 0.2) is 12.7 Å². The largest absolute Gasteiger partial charge is 0.462 e. The maximum Gasteiger partial charge on any atom is 0.107 e. The summed E-state index contributed by atoms with van der Waals surface area (Å²) >= 11 is 0. The molecular formula is C5H6O. The van der Waals surface area contributed by atoms with E-state index in [0.29, 0.717) is 6.42 Å². The summed E-state index contributed by atoms with van der Waals surface area (Å²) < 4.78 is 0. The van der Waals surface area contributed by atoms with Crippen molar-refractivity contribution in [3.05, 3.63) is 12.7 Å². The first-order chi connectivity index (χ1) is 2.91. The van der Waals surface area contributed by atoms with Crippen molar-refractivity contribution in [2.45, 2.75) is 6.42 Å². The number of aliphatic hydroxyl groups excluding tert-OH is 1. The van der Waals surface area contributed by atoms with Gasteiger partial charge in [-0.25, -0.2) is 0 Å². The lowest BCUT2D eigenvalue weighted by atomic mass is 10.4. The first kappa shape index (κ1) is 5.10. The molecule has 0 saturated carbocycles. The van der Waals surface area contributed by atoms with Gasteiger partial charge >= 0.3 is 0 Å². The molecule has 0 saturated heterocycles. The van der Waals surface area contributed by atoms with Gasteiger partial charge in [0.15, 0.2) is 0 Å². The Balaban J connectivity index is 3.00. The second kappa shape index (κ2) is 4.10. The average molecular weight is 82.1 g/mol. The molecule has 0 aromatic rings. The minimum Gasteiger partial charge on any atom is -0.462 e. The smallest absolute Gasteiger partial charge is 0.107 e. The summed E-state index contributed by atoms with van der Waals surface area (Å²) in [6.07, 6.45) is 3.94. The molecule has 0 spiro atoms. The van der Waals surface area contributed by atoms with Crippen LogP contribution >= 0.6 is 0 Å². The molecule has 0 radical (unpaired) electrons. The number of allylic oxidation sites excluding steroid dienone is 1. The molecule has 0 heterocycles.